The van der Waals surface area contributed by atoms with E-state index in [2.05, 4.69) is 36.4 Å². The van der Waals surface area contributed by atoms with Gasteiger partial charge in [0, 0.05) is 18.2 Å². The Morgan fingerprint density at radius 2 is 2.03 bits per heavy atom. The number of nitrogens with zero attached hydrogens (tertiary/aromatic N) is 7. The van der Waals surface area contributed by atoms with E-state index in [-0.39, 0.29) is 6.54 Å². The van der Waals surface area contributed by atoms with Gasteiger partial charge < -0.3 is 21.2 Å². The van der Waals surface area contributed by atoms with Crippen molar-refractivity contribution in [1.82, 2.24) is 15.0 Å². The molecule has 3 heterocycles. The number of carbonyl (C=O) groups is 1. The highest BCUT2D eigenvalue weighted by atomic mass is 16.4. The van der Waals surface area contributed by atoms with Crippen LogP contribution in [0.4, 0.5) is 11.8 Å². The maximum Gasteiger partial charge on any atom is 0.326 e. The molecule has 1 aromatic carbocycles. The first-order chi connectivity index (χ1) is 18.5. The summed E-state index contributed by atoms with van der Waals surface area (Å²) in [5, 5.41) is 26.0. The minimum Gasteiger partial charge on any atom is -0.480 e. The van der Waals surface area contributed by atoms with Gasteiger partial charge in [0.05, 0.1) is 41.5 Å². The number of pyridine rings is 1. The fourth-order valence-electron chi connectivity index (χ4n) is 4.35. The van der Waals surface area contributed by atoms with E-state index in [1.165, 1.54) is 0 Å². The number of hydrazone groups is 1. The summed E-state index contributed by atoms with van der Waals surface area (Å²) in [4.78, 5) is 31.7. The fraction of sp³-hybridized carbons (Fsp3) is 0.296. The molecule has 4 N–H and O–H groups in total. The number of aromatic nitrogens is 3. The van der Waals surface area contributed by atoms with Gasteiger partial charge in [-0.25, -0.2) is 19.7 Å². The van der Waals surface area contributed by atoms with Gasteiger partial charge in [0.15, 0.2) is 0 Å². The number of nitrogens with two attached hydrogens (primary N) is 1. The normalized spacial score (nSPS) is 17.5. The highest BCUT2D eigenvalue weighted by molar-refractivity contribution is 6.37. The van der Waals surface area contributed by atoms with Gasteiger partial charge >= 0.3 is 5.97 Å². The third-order valence-electron chi connectivity index (χ3n) is 6.42. The molecule has 1 aliphatic heterocycles. The molecule has 0 spiro atoms. The number of carboxylic acids is 1. The Morgan fingerprint density at radius 1 is 1.18 bits per heavy atom. The minimum absolute atomic E-state index is 0.258. The van der Waals surface area contributed by atoms with Crippen LogP contribution in [0.2, 0.25) is 0 Å². The first-order valence-corrected chi connectivity index (χ1v) is 12.4. The van der Waals surface area contributed by atoms with Crippen molar-refractivity contribution in [2.75, 3.05) is 16.8 Å². The summed E-state index contributed by atoms with van der Waals surface area (Å²) in [6.45, 7) is 0.916. The fourth-order valence-corrected chi connectivity index (χ4v) is 4.35. The van der Waals surface area contributed by atoms with E-state index in [4.69, 9.17) is 5.84 Å². The minimum atomic E-state index is -0.837. The van der Waals surface area contributed by atoms with Crippen LogP contribution in [0.3, 0.4) is 0 Å². The summed E-state index contributed by atoms with van der Waals surface area (Å²) in [6.07, 6.45) is 5.08. The van der Waals surface area contributed by atoms with Crippen LogP contribution in [0.15, 0.2) is 58.6 Å². The van der Waals surface area contributed by atoms with E-state index < -0.39 is 12.0 Å². The van der Waals surface area contributed by atoms with E-state index >= 15 is 0 Å². The van der Waals surface area contributed by atoms with Crippen molar-refractivity contribution in [3.63, 3.8) is 0 Å². The molecule has 1 atom stereocenters. The summed E-state index contributed by atoms with van der Waals surface area (Å²) in [5.74, 6) is 5.98. The van der Waals surface area contributed by atoms with Crippen molar-refractivity contribution in [3.8, 4) is 17.3 Å². The second-order valence-electron chi connectivity index (χ2n) is 9.23. The Bertz CT molecular complexity index is 1440. The maximum atomic E-state index is 11.6. The van der Waals surface area contributed by atoms with Crippen LogP contribution in [0.1, 0.15) is 42.6 Å². The molecule has 0 amide bonds. The van der Waals surface area contributed by atoms with Gasteiger partial charge in [-0.1, -0.05) is 18.2 Å². The van der Waals surface area contributed by atoms with Crippen molar-refractivity contribution in [3.05, 3.63) is 65.5 Å². The number of aliphatic carboxylic acids is 1. The first-order valence-electron chi connectivity index (χ1n) is 12.4. The van der Waals surface area contributed by atoms with Crippen LogP contribution in [0.25, 0.3) is 11.3 Å². The SMILES string of the molecule is N#Cc1cccc(-c2cc(C(C=NCc3cccc(N4CCCC4C(=O)O)n3)=NN)nc(NC3CC3)n2)c1. The number of nitrogens with one attached hydrogen (secondary N) is 1. The van der Waals surface area contributed by atoms with Crippen LogP contribution >= 0.6 is 0 Å². The Labute approximate surface area is 219 Å². The van der Waals surface area contributed by atoms with E-state index in [1.54, 1.807) is 24.4 Å². The highest BCUT2D eigenvalue weighted by Crippen LogP contribution is 2.26. The van der Waals surface area contributed by atoms with Gasteiger partial charge in [0.2, 0.25) is 5.95 Å². The third-order valence-corrected chi connectivity index (χ3v) is 6.42. The highest BCUT2D eigenvalue weighted by Gasteiger charge is 2.31. The summed E-state index contributed by atoms with van der Waals surface area (Å²) in [6, 6.07) is 16.4. The van der Waals surface area contributed by atoms with Gasteiger partial charge in [-0.3, -0.25) is 4.99 Å². The van der Waals surface area contributed by atoms with Gasteiger partial charge in [-0.2, -0.15) is 10.4 Å². The topological polar surface area (TPSA) is 166 Å². The number of rotatable bonds is 9. The maximum absolute atomic E-state index is 11.6. The third kappa shape index (κ3) is 5.75. The number of aliphatic imine (C=N–C) groups is 1. The number of hydrogen-bond acceptors (Lipinski definition) is 10. The smallest absolute Gasteiger partial charge is 0.326 e. The number of hydrogen-bond donors (Lipinski definition) is 3. The quantitative estimate of drug-likeness (QED) is 0.223. The lowest BCUT2D eigenvalue weighted by atomic mass is 10.1. The molecule has 2 aliphatic rings. The average Bonchev–Trinajstić information content (AvgIpc) is 3.61. The van der Waals surface area contributed by atoms with Crippen LogP contribution in [-0.2, 0) is 11.3 Å². The van der Waals surface area contributed by atoms with Crippen LogP contribution in [-0.4, -0.2) is 56.6 Å². The molecule has 2 fully saturated rings. The number of nitriles is 1. The van der Waals surface area contributed by atoms with Gasteiger partial charge in [-0.05, 0) is 56.0 Å². The summed E-state index contributed by atoms with van der Waals surface area (Å²) in [5.41, 5.74) is 3.51. The van der Waals surface area contributed by atoms with Crippen LogP contribution in [0, 0.1) is 11.3 Å². The summed E-state index contributed by atoms with van der Waals surface area (Å²) in [7, 11) is 0. The zero-order chi connectivity index (χ0) is 26.5. The molecule has 11 heteroatoms. The van der Waals surface area contributed by atoms with Crippen LogP contribution < -0.4 is 16.1 Å². The molecule has 1 unspecified atom stereocenters. The molecule has 1 aliphatic carbocycles. The zero-order valence-electron chi connectivity index (χ0n) is 20.7. The molecule has 3 aromatic rings. The van der Waals surface area contributed by atoms with Crippen molar-refractivity contribution in [2.45, 2.75) is 44.3 Å². The van der Waals surface area contributed by atoms with Crippen molar-refractivity contribution in [1.29, 1.82) is 5.26 Å². The Kier molecular flexibility index (Phi) is 7.21. The summed E-state index contributed by atoms with van der Waals surface area (Å²) >= 11 is 0. The number of benzene rings is 1. The number of carboxylic acid groups (broad SMARTS) is 1. The molecule has 0 bridgehead atoms. The van der Waals surface area contributed by atoms with Gasteiger partial charge in [0.1, 0.15) is 17.6 Å². The molecule has 38 heavy (non-hydrogen) atoms. The number of anilines is 2. The molecule has 0 radical (unpaired) electrons. The lowest BCUT2D eigenvalue weighted by Gasteiger charge is -2.22. The lowest BCUT2D eigenvalue weighted by molar-refractivity contribution is -0.138. The summed E-state index contributed by atoms with van der Waals surface area (Å²) < 4.78 is 0. The van der Waals surface area contributed by atoms with E-state index in [0.717, 1.165) is 24.8 Å². The molecular formula is C27H27N9O2. The molecular weight excluding hydrogens is 482 g/mol. The average molecular weight is 510 g/mol. The molecule has 1 saturated heterocycles. The molecule has 11 nitrogen and oxygen atoms in total. The molecule has 1 saturated carbocycles. The van der Waals surface area contributed by atoms with Crippen molar-refractivity contribution in [2.24, 2.45) is 15.9 Å². The Morgan fingerprint density at radius 3 is 2.79 bits per heavy atom. The van der Waals surface area contributed by atoms with Crippen LogP contribution in [0.5, 0.6) is 0 Å². The first kappa shape index (κ1) is 24.8. The zero-order valence-corrected chi connectivity index (χ0v) is 20.7. The molecule has 192 valence electrons. The predicted molar refractivity (Wildman–Crippen MR) is 144 cm³/mol. The predicted octanol–water partition coefficient (Wildman–Crippen LogP) is 2.97. The lowest BCUT2D eigenvalue weighted by Crippen LogP contribution is -2.36. The standard InChI is InChI=1S/C27H27N9O2/c28-14-17-4-1-5-18(12-17)21-13-22(34-27(33-21)32-19-9-10-19)23(35-29)16-30-15-20-6-2-8-25(31-20)36-11-3-7-24(36)26(37)38/h1-2,4-6,8,12-13,16,19,24H,3,7,9-11,15,29H2,(H,37,38)(H,32,33,34). The van der Waals surface area contributed by atoms with Crippen molar-refractivity contribution < 1.29 is 9.90 Å². The second-order valence-corrected chi connectivity index (χ2v) is 9.23. The second kappa shape index (κ2) is 11.0. The Hall–Kier alpha value is -4.85. The monoisotopic (exact) mass is 509 g/mol. The van der Waals surface area contributed by atoms with E-state index in [0.29, 0.717) is 59.1 Å². The molecule has 2 aromatic heterocycles. The van der Waals surface area contributed by atoms with Gasteiger partial charge in [0.25, 0.3) is 0 Å². The Balaban J connectivity index is 1.37. The largest absolute Gasteiger partial charge is 0.480 e. The van der Waals surface area contributed by atoms with E-state index in [1.807, 2.05) is 35.2 Å². The van der Waals surface area contributed by atoms with E-state index in [9.17, 15) is 15.2 Å². The molecule has 5 rings (SSSR count). The van der Waals surface area contributed by atoms with Crippen molar-refractivity contribution >= 4 is 29.7 Å². The van der Waals surface area contributed by atoms with Gasteiger partial charge in [-0.15, -0.1) is 0 Å².